The molecule has 2 fully saturated rings. The molecular weight excluding hydrogens is 264 g/mol. The number of allylic oxidation sites excluding steroid dienone is 2. The number of fused-ring (bicyclic) bond motifs is 2. The van der Waals surface area contributed by atoms with Crippen LogP contribution in [0.5, 0.6) is 0 Å². The predicted octanol–water partition coefficient (Wildman–Crippen LogP) is 1.18. The van der Waals surface area contributed by atoms with E-state index in [1.807, 2.05) is 19.9 Å². The highest BCUT2D eigenvalue weighted by atomic mass is 17.3. The van der Waals surface area contributed by atoms with Crippen molar-refractivity contribution in [3.63, 3.8) is 0 Å². The molecule has 114 valence electrons. The SMILES string of the molecule is CO[C@@H]1[C@H](O)C2(C)OOC1([C@H](C)C[C@H](C)/C=C/C=O)O2. The van der Waals surface area contributed by atoms with Crippen molar-refractivity contribution >= 4 is 6.29 Å². The third-order valence-electron chi connectivity index (χ3n) is 4.10. The maximum atomic E-state index is 10.4. The summed E-state index contributed by atoms with van der Waals surface area (Å²) >= 11 is 0. The Kier molecular flexibility index (Phi) is 4.32. The summed E-state index contributed by atoms with van der Waals surface area (Å²) in [4.78, 5) is 20.9. The van der Waals surface area contributed by atoms with Crippen molar-refractivity contribution in [1.82, 2.24) is 0 Å². The van der Waals surface area contributed by atoms with Gasteiger partial charge in [-0.15, -0.1) is 0 Å². The fourth-order valence-corrected chi connectivity index (χ4v) is 3.00. The van der Waals surface area contributed by atoms with E-state index in [1.54, 1.807) is 6.92 Å². The number of rotatable bonds is 6. The van der Waals surface area contributed by atoms with Gasteiger partial charge in [0.05, 0.1) is 0 Å². The van der Waals surface area contributed by atoms with Gasteiger partial charge in [-0.05, 0) is 25.3 Å². The van der Waals surface area contributed by atoms with E-state index in [0.29, 0.717) is 6.42 Å². The smallest absolute Gasteiger partial charge is 0.236 e. The Morgan fingerprint density at radius 2 is 2.10 bits per heavy atom. The highest BCUT2D eigenvalue weighted by Gasteiger charge is 2.71. The monoisotopic (exact) mass is 286 g/mol. The molecule has 2 aliphatic rings. The highest BCUT2D eigenvalue weighted by molar-refractivity contribution is 5.64. The minimum Gasteiger partial charge on any atom is -0.384 e. The largest absolute Gasteiger partial charge is 0.384 e. The summed E-state index contributed by atoms with van der Waals surface area (Å²) in [6.07, 6.45) is 3.23. The molecule has 6 nitrogen and oxygen atoms in total. The van der Waals surface area contributed by atoms with Gasteiger partial charge >= 0.3 is 0 Å². The molecule has 2 saturated heterocycles. The summed E-state index contributed by atoms with van der Waals surface area (Å²) in [5.41, 5.74) is 0. The van der Waals surface area contributed by atoms with Crippen LogP contribution in [0.15, 0.2) is 12.2 Å². The van der Waals surface area contributed by atoms with E-state index in [2.05, 4.69) is 0 Å². The molecule has 0 saturated carbocycles. The Balaban J connectivity index is 2.13. The second-order valence-electron chi connectivity index (χ2n) is 5.74. The molecule has 0 radical (unpaired) electrons. The number of hydrogen-bond acceptors (Lipinski definition) is 6. The fraction of sp³-hybridized carbons (Fsp3) is 0.786. The molecule has 0 aromatic rings. The summed E-state index contributed by atoms with van der Waals surface area (Å²) < 4.78 is 11.2. The Morgan fingerprint density at radius 3 is 2.70 bits per heavy atom. The van der Waals surface area contributed by atoms with E-state index in [-0.39, 0.29) is 11.8 Å². The van der Waals surface area contributed by atoms with Gasteiger partial charge < -0.3 is 14.6 Å². The average Bonchev–Trinajstić information content (AvgIpc) is 2.87. The molecule has 0 amide bonds. The van der Waals surface area contributed by atoms with Gasteiger partial charge in [0.1, 0.15) is 18.5 Å². The number of methoxy groups -OCH3 is 1. The van der Waals surface area contributed by atoms with Crippen molar-refractivity contribution in [1.29, 1.82) is 0 Å². The second-order valence-corrected chi connectivity index (χ2v) is 5.74. The van der Waals surface area contributed by atoms with Crippen LogP contribution in [-0.2, 0) is 24.0 Å². The van der Waals surface area contributed by atoms with Gasteiger partial charge in [0.15, 0.2) is 0 Å². The molecule has 2 heterocycles. The lowest BCUT2D eigenvalue weighted by Gasteiger charge is -2.36. The lowest BCUT2D eigenvalue weighted by molar-refractivity contribution is -0.419. The van der Waals surface area contributed by atoms with Gasteiger partial charge in [-0.1, -0.05) is 19.9 Å². The number of carbonyl (C=O) groups is 1. The van der Waals surface area contributed by atoms with Crippen LogP contribution in [0.25, 0.3) is 0 Å². The van der Waals surface area contributed by atoms with E-state index in [4.69, 9.17) is 19.2 Å². The van der Waals surface area contributed by atoms with Crippen molar-refractivity contribution in [2.24, 2.45) is 11.8 Å². The van der Waals surface area contributed by atoms with Gasteiger partial charge in [0, 0.05) is 13.0 Å². The summed E-state index contributed by atoms with van der Waals surface area (Å²) in [7, 11) is 1.51. The molecule has 1 N–H and O–H groups in total. The lowest BCUT2D eigenvalue weighted by atomic mass is 9.86. The zero-order valence-electron chi connectivity index (χ0n) is 12.2. The number of aliphatic hydroxyl groups excluding tert-OH is 1. The second kappa shape index (κ2) is 5.54. The first-order valence-corrected chi connectivity index (χ1v) is 6.79. The Labute approximate surface area is 118 Å². The van der Waals surface area contributed by atoms with Crippen LogP contribution < -0.4 is 0 Å². The van der Waals surface area contributed by atoms with E-state index >= 15 is 0 Å². The van der Waals surface area contributed by atoms with E-state index < -0.39 is 23.8 Å². The molecule has 2 rings (SSSR count). The predicted molar refractivity (Wildman–Crippen MR) is 69.3 cm³/mol. The third-order valence-corrected chi connectivity index (χ3v) is 4.10. The number of ether oxygens (including phenoxy) is 2. The topological polar surface area (TPSA) is 74.2 Å². The van der Waals surface area contributed by atoms with Crippen molar-refractivity contribution in [2.75, 3.05) is 7.11 Å². The number of carbonyl (C=O) groups excluding carboxylic acids is 1. The Hall–Kier alpha value is -0.790. The molecule has 2 bridgehead atoms. The minimum absolute atomic E-state index is 0.0854. The van der Waals surface area contributed by atoms with Crippen LogP contribution in [-0.4, -0.2) is 42.3 Å². The first-order chi connectivity index (χ1) is 9.39. The molecule has 20 heavy (non-hydrogen) atoms. The van der Waals surface area contributed by atoms with E-state index in [1.165, 1.54) is 13.2 Å². The summed E-state index contributed by atoms with van der Waals surface area (Å²) in [5.74, 6) is -2.24. The number of aliphatic hydroxyl groups is 1. The zero-order valence-corrected chi connectivity index (χ0v) is 12.2. The van der Waals surface area contributed by atoms with Gasteiger partial charge in [0.25, 0.3) is 0 Å². The molecule has 2 aliphatic heterocycles. The minimum atomic E-state index is -1.20. The summed E-state index contributed by atoms with van der Waals surface area (Å²) in [6, 6.07) is 0. The van der Waals surface area contributed by atoms with E-state index in [9.17, 15) is 9.90 Å². The van der Waals surface area contributed by atoms with Gasteiger partial charge in [-0.25, -0.2) is 0 Å². The van der Waals surface area contributed by atoms with Gasteiger partial charge in [-0.2, -0.15) is 9.78 Å². The van der Waals surface area contributed by atoms with Crippen LogP contribution in [0.2, 0.25) is 0 Å². The van der Waals surface area contributed by atoms with E-state index in [0.717, 1.165) is 6.29 Å². The quantitative estimate of drug-likeness (QED) is 0.449. The number of hydrogen-bond donors (Lipinski definition) is 1. The van der Waals surface area contributed by atoms with Crippen LogP contribution >= 0.6 is 0 Å². The average molecular weight is 286 g/mol. The maximum absolute atomic E-state index is 10.4. The van der Waals surface area contributed by atoms with Crippen molar-refractivity contribution in [3.05, 3.63) is 12.2 Å². The summed E-state index contributed by atoms with van der Waals surface area (Å²) in [5, 5.41) is 10.2. The Bertz CT molecular complexity index is 397. The first kappa shape index (κ1) is 15.6. The molecule has 6 heteroatoms. The van der Waals surface area contributed by atoms with Crippen molar-refractivity contribution < 1.29 is 29.1 Å². The lowest BCUT2D eigenvalue weighted by Crippen LogP contribution is -2.54. The van der Waals surface area contributed by atoms with Crippen molar-refractivity contribution in [2.45, 2.75) is 51.0 Å². The van der Waals surface area contributed by atoms with Gasteiger partial charge in [-0.3, -0.25) is 4.79 Å². The normalized spacial score (nSPS) is 43.0. The molecule has 2 unspecified atom stereocenters. The van der Waals surface area contributed by atoms with Crippen LogP contribution in [0.3, 0.4) is 0 Å². The maximum Gasteiger partial charge on any atom is 0.236 e. The molecule has 6 atom stereocenters. The highest BCUT2D eigenvalue weighted by Crippen LogP contribution is 2.52. The zero-order chi connectivity index (χ0) is 15.0. The van der Waals surface area contributed by atoms with Crippen LogP contribution in [0.1, 0.15) is 27.2 Å². The standard InChI is InChI=1S/C14H22O6/c1-9(6-5-7-15)8-10(2)14-12(17-4)11(16)13(3,18-14)19-20-14/h5-7,9-12,16H,8H2,1-4H3/b6-5+/t9-,10-,11+,12-,13?,14?/m1/s1. The number of aldehydes is 1. The van der Waals surface area contributed by atoms with Crippen LogP contribution in [0.4, 0.5) is 0 Å². The summed E-state index contributed by atoms with van der Waals surface area (Å²) in [6.45, 7) is 5.57. The first-order valence-electron chi connectivity index (χ1n) is 6.79. The Morgan fingerprint density at radius 1 is 1.40 bits per heavy atom. The molecule has 0 aromatic carbocycles. The molecule has 0 aromatic heterocycles. The van der Waals surface area contributed by atoms with Gasteiger partial charge in [0.2, 0.25) is 11.6 Å². The molecular formula is C14H22O6. The third kappa shape index (κ3) is 2.31. The van der Waals surface area contributed by atoms with Crippen molar-refractivity contribution in [3.8, 4) is 0 Å². The van der Waals surface area contributed by atoms with Crippen LogP contribution in [0, 0.1) is 11.8 Å². The fourth-order valence-electron chi connectivity index (χ4n) is 3.00. The molecule has 0 spiro atoms. The molecule has 0 aliphatic carbocycles.